The van der Waals surface area contributed by atoms with E-state index in [1.54, 1.807) is 0 Å². The van der Waals surface area contributed by atoms with Crippen molar-refractivity contribution in [2.45, 2.75) is 39.2 Å². The Labute approximate surface area is 104 Å². The minimum atomic E-state index is 0.337. The molecule has 1 aliphatic rings. The number of fused-ring (bicyclic) bond motifs is 1. The van der Waals surface area contributed by atoms with E-state index in [-0.39, 0.29) is 0 Å². The zero-order valence-electron chi connectivity index (χ0n) is 10.9. The van der Waals surface area contributed by atoms with Gasteiger partial charge in [-0.1, -0.05) is 38.5 Å². The van der Waals surface area contributed by atoms with Gasteiger partial charge in [-0.3, -0.25) is 0 Å². The fraction of sp³-hybridized carbons (Fsp3) is 0.600. The fourth-order valence-electron chi connectivity index (χ4n) is 2.41. The van der Waals surface area contributed by atoms with Crippen LogP contribution >= 0.6 is 0 Å². The first-order chi connectivity index (χ1) is 8.29. The van der Waals surface area contributed by atoms with Crippen molar-refractivity contribution in [3.05, 3.63) is 29.8 Å². The van der Waals surface area contributed by atoms with Crippen molar-refractivity contribution in [2.24, 2.45) is 5.92 Å². The first kappa shape index (κ1) is 12.4. The molecule has 17 heavy (non-hydrogen) atoms. The van der Waals surface area contributed by atoms with E-state index in [1.165, 1.54) is 24.1 Å². The van der Waals surface area contributed by atoms with Crippen molar-refractivity contribution < 1.29 is 4.74 Å². The van der Waals surface area contributed by atoms with Gasteiger partial charge in [-0.15, -0.1) is 0 Å². The number of rotatable bonds is 5. The highest BCUT2D eigenvalue weighted by Gasteiger charge is 2.18. The number of benzene rings is 1. The normalized spacial score (nSPS) is 20.5. The van der Waals surface area contributed by atoms with Gasteiger partial charge in [0.05, 0.1) is 6.10 Å². The topological polar surface area (TPSA) is 21.3 Å². The molecule has 1 aromatic carbocycles. The van der Waals surface area contributed by atoms with Crippen molar-refractivity contribution >= 4 is 5.69 Å². The monoisotopic (exact) mass is 233 g/mol. The molecule has 2 heteroatoms. The molecule has 2 unspecified atom stereocenters. The second kappa shape index (κ2) is 6.06. The summed E-state index contributed by atoms with van der Waals surface area (Å²) in [5, 5.41) is 3.44. The molecule has 1 N–H and O–H groups in total. The summed E-state index contributed by atoms with van der Waals surface area (Å²) in [5.74, 6) is 0.678. The minimum Gasteiger partial charge on any atom is -0.382 e. The lowest BCUT2D eigenvalue weighted by Crippen LogP contribution is -2.31. The molecule has 0 saturated heterocycles. The fourth-order valence-corrected chi connectivity index (χ4v) is 2.41. The maximum atomic E-state index is 5.99. The van der Waals surface area contributed by atoms with Gasteiger partial charge in [0.25, 0.3) is 0 Å². The van der Waals surface area contributed by atoms with E-state index < -0.39 is 0 Å². The molecule has 0 saturated carbocycles. The predicted octanol–water partition coefficient (Wildman–Crippen LogP) is 3.48. The van der Waals surface area contributed by atoms with Crippen molar-refractivity contribution in [1.29, 1.82) is 0 Å². The van der Waals surface area contributed by atoms with Crippen LogP contribution in [0.2, 0.25) is 0 Å². The third-order valence-electron chi connectivity index (χ3n) is 3.38. The van der Waals surface area contributed by atoms with Crippen LogP contribution in [-0.4, -0.2) is 19.3 Å². The Morgan fingerprint density at radius 2 is 2.24 bits per heavy atom. The molecule has 94 valence electrons. The molecule has 0 aliphatic carbocycles. The lowest BCUT2D eigenvalue weighted by molar-refractivity contribution is 0.0371. The lowest BCUT2D eigenvalue weighted by atomic mass is 10.0. The summed E-state index contributed by atoms with van der Waals surface area (Å²) in [6.45, 7) is 6.33. The van der Waals surface area contributed by atoms with Gasteiger partial charge in [-0.2, -0.15) is 0 Å². The SMILES string of the molecule is CCCC(C)COC1CNc2ccccc2C1. The van der Waals surface area contributed by atoms with E-state index in [4.69, 9.17) is 4.74 Å². The summed E-state index contributed by atoms with van der Waals surface area (Å²) in [6, 6.07) is 8.51. The quantitative estimate of drug-likeness (QED) is 0.840. The van der Waals surface area contributed by atoms with Gasteiger partial charge in [0, 0.05) is 25.3 Å². The van der Waals surface area contributed by atoms with Crippen LogP contribution in [0, 0.1) is 5.92 Å². The Hall–Kier alpha value is -1.02. The number of anilines is 1. The van der Waals surface area contributed by atoms with Crippen molar-refractivity contribution in [1.82, 2.24) is 0 Å². The van der Waals surface area contributed by atoms with E-state index >= 15 is 0 Å². The summed E-state index contributed by atoms with van der Waals surface area (Å²) in [6.07, 6.45) is 3.89. The second-order valence-electron chi connectivity index (χ2n) is 5.09. The predicted molar refractivity (Wildman–Crippen MR) is 72.4 cm³/mol. The Balaban J connectivity index is 1.82. The van der Waals surface area contributed by atoms with Crippen LogP contribution in [0.3, 0.4) is 0 Å². The van der Waals surface area contributed by atoms with Crippen LogP contribution in [0.25, 0.3) is 0 Å². The Kier molecular flexibility index (Phi) is 4.43. The van der Waals surface area contributed by atoms with E-state index in [9.17, 15) is 0 Å². The molecule has 1 aromatic rings. The van der Waals surface area contributed by atoms with E-state index in [2.05, 4.69) is 43.4 Å². The molecule has 0 aromatic heterocycles. The van der Waals surface area contributed by atoms with Crippen LogP contribution in [0.4, 0.5) is 5.69 Å². The molecule has 0 spiro atoms. The largest absolute Gasteiger partial charge is 0.382 e. The van der Waals surface area contributed by atoms with E-state index in [0.717, 1.165) is 19.6 Å². The zero-order valence-corrected chi connectivity index (χ0v) is 10.9. The van der Waals surface area contributed by atoms with Gasteiger partial charge in [0.2, 0.25) is 0 Å². The summed E-state index contributed by atoms with van der Waals surface area (Å²) < 4.78 is 5.99. The first-order valence-corrected chi connectivity index (χ1v) is 6.73. The molecule has 1 heterocycles. The summed E-state index contributed by atoms with van der Waals surface area (Å²) in [7, 11) is 0. The summed E-state index contributed by atoms with van der Waals surface area (Å²) in [5.41, 5.74) is 2.65. The van der Waals surface area contributed by atoms with Crippen LogP contribution < -0.4 is 5.32 Å². The van der Waals surface area contributed by atoms with Crippen molar-refractivity contribution in [3.63, 3.8) is 0 Å². The van der Waals surface area contributed by atoms with Crippen LogP contribution in [0.5, 0.6) is 0 Å². The minimum absolute atomic E-state index is 0.337. The van der Waals surface area contributed by atoms with Gasteiger partial charge < -0.3 is 10.1 Å². The van der Waals surface area contributed by atoms with E-state index in [0.29, 0.717) is 12.0 Å². The highest BCUT2D eigenvalue weighted by molar-refractivity contribution is 5.53. The van der Waals surface area contributed by atoms with Gasteiger partial charge in [-0.05, 0) is 24.0 Å². The highest BCUT2D eigenvalue weighted by Crippen LogP contribution is 2.22. The van der Waals surface area contributed by atoms with Gasteiger partial charge >= 0.3 is 0 Å². The van der Waals surface area contributed by atoms with Crippen molar-refractivity contribution in [2.75, 3.05) is 18.5 Å². The van der Waals surface area contributed by atoms with Gasteiger partial charge in [-0.25, -0.2) is 0 Å². The average Bonchev–Trinajstić information content (AvgIpc) is 2.36. The number of para-hydroxylation sites is 1. The summed E-state index contributed by atoms with van der Waals surface area (Å²) in [4.78, 5) is 0. The maximum Gasteiger partial charge on any atom is 0.0788 e. The number of ether oxygens (including phenoxy) is 1. The van der Waals surface area contributed by atoms with Crippen LogP contribution in [0.15, 0.2) is 24.3 Å². The zero-order chi connectivity index (χ0) is 12.1. The number of hydrogen-bond acceptors (Lipinski definition) is 2. The molecule has 0 amide bonds. The standard InChI is InChI=1S/C15H23NO/c1-3-6-12(2)11-17-14-9-13-7-4-5-8-15(13)16-10-14/h4-5,7-8,12,14,16H,3,6,9-11H2,1-2H3. The molecule has 1 aliphatic heterocycles. The Morgan fingerprint density at radius 3 is 3.06 bits per heavy atom. The molecular formula is C15H23NO. The maximum absolute atomic E-state index is 5.99. The summed E-state index contributed by atoms with van der Waals surface area (Å²) >= 11 is 0. The van der Waals surface area contributed by atoms with Crippen molar-refractivity contribution in [3.8, 4) is 0 Å². The number of hydrogen-bond donors (Lipinski definition) is 1. The Bertz CT molecular complexity index is 351. The molecular weight excluding hydrogens is 210 g/mol. The third kappa shape index (κ3) is 3.47. The van der Waals surface area contributed by atoms with Gasteiger partial charge in [0.15, 0.2) is 0 Å². The number of nitrogens with one attached hydrogen (secondary N) is 1. The smallest absolute Gasteiger partial charge is 0.0788 e. The Morgan fingerprint density at radius 1 is 1.41 bits per heavy atom. The molecule has 2 rings (SSSR count). The second-order valence-corrected chi connectivity index (χ2v) is 5.09. The third-order valence-corrected chi connectivity index (χ3v) is 3.38. The first-order valence-electron chi connectivity index (χ1n) is 6.73. The molecule has 0 fully saturated rings. The molecule has 0 radical (unpaired) electrons. The van der Waals surface area contributed by atoms with E-state index in [1.807, 2.05) is 0 Å². The van der Waals surface area contributed by atoms with Crippen LogP contribution in [-0.2, 0) is 11.2 Å². The molecule has 2 nitrogen and oxygen atoms in total. The lowest BCUT2D eigenvalue weighted by Gasteiger charge is -2.27. The van der Waals surface area contributed by atoms with Crippen LogP contribution in [0.1, 0.15) is 32.3 Å². The average molecular weight is 233 g/mol. The highest BCUT2D eigenvalue weighted by atomic mass is 16.5. The molecule has 2 atom stereocenters. The van der Waals surface area contributed by atoms with Gasteiger partial charge in [0.1, 0.15) is 0 Å². The molecule has 0 bridgehead atoms.